The normalized spacial score (nSPS) is 14.8. The molecule has 3 aromatic rings. The molecule has 23 heavy (non-hydrogen) atoms. The van der Waals surface area contributed by atoms with E-state index in [9.17, 15) is 5.11 Å². The molecule has 114 valence electrons. The Labute approximate surface area is 143 Å². The molecule has 1 N–H and O–H groups in total. The summed E-state index contributed by atoms with van der Waals surface area (Å²) in [6.45, 7) is 0.171. The predicted octanol–water partition coefficient (Wildman–Crippen LogP) is 2.37. The number of hydrogen-bond acceptors (Lipinski definition) is 1. The minimum atomic E-state index is -0.247. The van der Waals surface area contributed by atoms with E-state index in [0.717, 1.165) is 0 Å². The molecule has 4 rings (SSSR count). The quantitative estimate of drug-likeness (QED) is 0.707. The summed E-state index contributed by atoms with van der Waals surface area (Å²) in [6, 6.07) is 28.1. The molecule has 0 atom stereocenters. The Hall–Kier alpha value is -1.86. The Morgan fingerprint density at radius 3 is 1.78 bits per heavy atom. The average Bonchev–Trinajstić information content (AvgIpc) is 2.62. The summed E-state index contributed by atoms with van der Waals surface area (Å²) >= 11 is 0.320. The molecule has 1 aliphatic heterocycles. The first-order valence-corrected chi connectivity index (χ1v) is 9.61. The van der Waals surface area contributed by atoms with Gasteiger partial charge in [0.05, 0.1) is 0 Å². The molecular weight excluding hydrogens is 347 g/mol. The number of fused-ring (bicyclic) bond motifs is 2. The third kappa shape index (κ3) is 2.26. The zero-order valence-electron chi connectivity index (χ0n) is 12.8. The maximum absolute atomic E-state index is 9.90. The second-order valence-corrected chi connectivity index (χ2v) is 8.11. The molecule has 0 aromatic heterocycles. The molecule has 0 aliphatic carbocycles. The third-order valence-electron chi connectivity index (χ3n) is 4.67. The Bertz CT molecular complexity index is 781. The van der Waals surface area contributed by atoms with Crippen molar-refractivity contribution >= 4 is 23.9 Å². The van der Waals surface area contributed by atoms with Crippen LogP contribution in [0.4, 0.5) is 0 Å². The molecule has 0 saturated heterocycles. The second-order valence-electron chi connectivity index (χ2n) is 5.84. The first-order valence-electron chi connectivity index (χ1n) is 7.89. The molecule has 1 nitrogen and oxygen atoms in total. The van der Waals surface area contributed by atoms with Gasteiger partial charge in [-0.3, -0.25) is 0 Å². The summed E-state index contributed by atoms with van der Waals surface area (Å²) in [4.78, 5) is 0. The van der Waals surface area contributed by atoms with Crippen molar-refractivity contribution in [2.45, 2.75) is 11.8 Å². The van der Waals surface area contributed by atoms with Crippen molar-refractivity contribution in [1.29, 1.82) is 0 Å². The molecule has 0 amide bonds. The molecule has 3 aromatic carbocycles. The summed E-state index contributed by atoms with van der Waals surface area (Å²) in [5.74, 6) is 0. The Kier molecular flexibility index (Phi) is 3.82. The Morgan fingerprint density at radius 2 is 1.22 bits per heavy atom. The van der Waals surface area contributed by atoms with E-state index >= 15 is 0 Å². The van der Waals surface area contributed by atoms with Gasteiger partial charge in [0.15, 0.2) is 0 Å². The zero-order chi connectivity index (χ0) is 15.7. The Morgan fingerprint density at radius 1 is 0.696 bits per heavy atom. The average molecular weight is 365 g/mol. The number of hydrogen-bond donors (Lipinski definition) is 1. The predicted molar refractivity (Wildman–Crippen MR) is 95.9 cm³/mol. The van der Waals surface area contributed by atoms with E-state index in [1.807, 2.05) is 0 Å². The fraction of sp³-hybridized carbons (Fsp3) is 0.143. The van der Waals surface area contributed by atoms with Crippen LogP contribution in [0.3, 0.4) is 0 Å². The van der Waals surface area contributed by atoms with Crippen molar-refractivity contribution in [3.8, 4) is 0 Å². The zero-order valence-corrected chi connectivity index (χ0v) is 14.5. The van der Waals surface area contributed by atoms with Crippen LogP contribution in [0.1, 0.15) is 23.1 Å². The fourth-order valence-electron chi connectivity index (χ4n) is 3.70. The molecule has 0 saturated carbocycles. The molecule has 0 fully saturated rings. The standard InChI is InChI=1S/C21H18OSe/c22-15-14-21(16-8-2-1-3-9-16)17-10-4-6-12-19(17)23-20-13-7-5-11-18(20)21/h1-13,22H,14-15H2. The van der Waals surface area contributed by atoms with Gasteiger partial charge in [-0.2, -0.15) is 0 Å². The van der Waals surface area contributed by atoms with E-state index < -0.39 is 0 Å². The monoisotopic (exact) mass is 366 g/mol. The van der Waals surface area contributed by atoms with E-state index in [1.165, 1.54) is 25.6 Å². The van der Waals surface area contributed by atoms with Gasteiger partial charge in [-0.05, 0) is 0 Å². The van der Waals surface area contributed by atoms with Crippen LogP contribution in [0.15, 0.2) is 78.9 Å². The molecule has 2 heteroatoms. The molecule has 1 aliphatic rings. The first kappa shape index (κ1) is 14.7. The molecule has 0 bridgehead atoms. The minimum absolute atomic E-state index is 0.171. The van der Waals surface area contributed by atoms with E-state index in [2.05, 4.69) is 78.9 Å². The SMILES string of the molecule is OCCC1(c2ccccc2)c2ccccc2[Se]c2ccccc21. The van der Waals surface area contributed by atoms with Crippen molar-refractivity contribution < 1.29 is 5.11 Å². The molecule has 0 unspecified atom stereocenters. The van der Waals surface area contributed by atoms with E-state index in [4.69, 9.17) is 0 Å². The van der Waals surface area contributed by atoms with Crippen LogP contribution >= 0.6 is 0 Å². The van der Waals surface area contributed by atoms with Crippen LogP contribution < -0.4 is 8.92 Å². The number of aliphatic hydroxyl groups excluding tert-OH is 1. The summed E-state index contributed by atoms with van der Waals surface area (Å²) in [5, 5.41) is 9.90. The summed E-state index contributed by atoms with van der Waals surface area (Å²) < 4.78 is 2.85. The molecule has 1 heterocycles. The van der Waals surface area contributed by atoms with Crippen molar-refractivity contribution in [3.05, 3.63) is 95.6 Å². The van der Waals surface area contributed by atoms with Crippen molar-refractivity contribution in [2.75, 3.05) is 6.61 Å². The molecule has 0 spiro atoms. The Balaban J connectivity index is 2.08. The number of rotatable bonds is 3. The van der Waals surface area contributed by atoms with Gasteiger partial charge in [0.2, 0.25) is 0 Å². The second kappa shape index (κ2) is 5.97. The topological polar surface area (TPSA) is 20.2 Å². The van der Waals surface area contributed by atoms with Crippen LogP contribution in [0.2, 0.25) is 0 Å². The summed E-state index contributed by atoms with van der Waals surface area (Å²) in [5.41, 5.74) is 3.74. The number of benzene rings is 3. The number of aliphatic hydroxyl groups is 1. The summed E-state index contributed by atoms with van der Waals surface area (Å²) in [6.07, 6.45) is 0.709. The molecular formula is C21H18OSe. The van der Waals surface area contributed by atoms with Crippen LogP contribution in [0, 0.1) is 0 Å². The summed E-state index contributed by atoms with van der Waals surface area (Å²) in [7, 11) is 0. The molecule has 0 radical (unpaired) electrons. The van der Waals surface area contributed by atoms with Gasteiger partial charge in [-0.25, -0.2) is 0 Å². The van der Waals surface area contributed by atoms with Crippen LogP contribution in [-0.4, -0.2) is 26.7 Å². The van der Waals surface area contributed by atoms with Crippen LogP contribution in [0.5, 0.6) is 0 Å². The fourth-order valence-corrected chi connectivity index (χ4v) is 6.29. The van der Waals surface area contributed by atoms with E-state index in [-0.39, 0.29) is 12.0 Å². The van der Waals surface area contributed by atoms with E-state index in [1.54, 1.807) is 0 Å². The van der Waals surface area contributed by atoms with Gasteiger partial charge in [0, 0.05) is 0 Å². The van der Waals surface area contributed by atoms with Gasteiger partial charge < -0.3 is 0 Å². The van der Waals surface area contributed by atoms with Crippen molar-refractivity contribution in [3.63, 3.8) is 0 Å². The van der Waals surface area contributed by atoms with Gasteiger partial charge in [0.1, 0.15) is 0 Å². The first-order chi connectivity index (χ1) is 11.4. The third-order valence-corrected chi connectivity index (χ3v) is 7.08. The van der Waals surface area contributed by atoms with Crippen LogP contribution in [-0.2, 0) is 5.41 Å². The van der Waals surface area contributed by atoms with Gasteiger partial charge in [-0.1, -0.05) is 0 Å². The van der Waals surface area contributed by atoms with Gasteiger partial charge in [0.25, 0.3) is 0 Å². The van der Waals surface area contributed by atoms with Gasteiger partial charge >= 0.3 is 143 Å². The van der Waals surface area contributed by atoms with Gasteiger partial charge in [-0.15, -0.1) is 0 Å². The van der Waals surface area contributed by atoms with Crippen molar-refractivity contribution in [2.24, 2.45) is 0 Å². The van der Waals surface area contributed by atoms with Crippen LogP contribution in [0.25, 0.3) is 0 Å². The van der Waals surface area contributed by atoms with E-state index in [0.29, 0.717) is 21.4 Å². The maximum atomic E-state index is 9.90. The van der Waals surface area contributed by atoms with Crippen molar-refractivity contribution in [1.82, 2.24) is 0 Å².